The van der Waals surface area contributed by atoms with E-state index < -0.39 is 5.56 Å². The summed E-state index contributed by atoms with van der Waals surface area (Å²) in [5, 5.41) is 10.2. The second-order valence-electron chi connectivity index (χ2n) is 7.01. The van der Waals surface area contributed by atoms with Crippen molar-refractivity contribution in [1.29, 1.82) is 0 Å². The molecular formula is C19H22N4O5S. The molecule has 1 aromatic heterocycles. The average molecular weight is 418 g/mol. The van der Waals surface area contributed by atoms with Gasteiger partial charge in [0.25, 0.3) is 5.56 Å². The Bertz CT molecular complexity index is 1110. The van der Waals surface area contributed by atoms with Gasteiger partial charge in [0, 0.05) is 25.4 Å². The Hall–Kier alpha value is -2.85. The minimum absolute atomic E-state index is 0.0671. The fraction of sp³-hybridized carbons (Fsp3) is 0.421. The third kappa shape index (κ3) is 3.28. The molecule has 0 spiro atoms. The molecule has 0 saturated carbocycles. The van der Waals surface area contributed by atoms with E-state index >= 15 is 0 Å². The van der Waals surface area contributed by atoms with E-state index in [1.807, 2.05) is 13.1 Å². The minimum atomic E-state index is -0.479. The van der Waals surface area contributed by atoms with Crippen molar-refractivity contribution >= 4 is 18.4 Å². The summed E-state index contributed by atoms with van der Waals surface area (Å²) in [5.74, 6) is 1.74. The summed E-state index contributed by atoms with van der Waals surface area (Å²) in [6, 6.07) is 1.93. The first-order chi connectivity index (χ1) is 13.9. The number of rotatable bonds is 4. The summed E-state index contributed by atoms with van der Waals surface area (Å²) in [6.07, 6.45) is 2.24. The van der Waals surface area contributed by atoms with E-state index in [0.29, 0.717) is 23.8 Å². The molecule has 154 valence electrons. The van der Waals surface area contributed by atoms with Crippen LogP contribution in [0.1, 0.15) is 22.7 Å². The van der Waals surface area contributed by atoms with Crippen molar-refractivity contribution in [2.24, 2.45) is 12.0 Å². The number of aromatic hydroxyl groups is 1. The van der Waals surface area contributed by atoms with Gasteiger partial charge in [-0.2, -0.15) is 0 Å². The van der Waals surface area contributed by atoms with E-state index in [9.17, 15) is 9.90 Å². The van der Waals surface area contributed by atoms with Crippen LogP contribution in [-0.4, -0.2) is 59.8 Å². The number of H-pyrrole nitrogens is 1. The summed E-state index contributed by atoms with van der Waals surface area (Å²) in [5.41, 5.74) is 1.73. The van der Waals surface area contributed by atoms with Crippen molar-refractivity contribution in [3.63, 3.8) is 0 Å². The third-order valence-electron chi connectivity index (χ3n) is 5.37. The van der Waals surface area contributed by atoms with E-state index in [0.717, 1.165) is 24.1 Å². The van der Waals surface area contributed by atoms with Gasteiger partial charge in [-0.3, -0.25) is 24.2 Å². The fourth-order valence-electron chi connectivity index (χ4n) is 3.74. The maximum atomic E-state index is 12.1. The molecule has 29 heavy (non-hydrogen) atoms. The van der Waals surface area contributed by atoms with Crippen molar-refractivity contribution < 1.29 is 19.3 Å². The Labute approximate surface area is 172 Å². The zero-order chi connectivity index (χ0) is 20.7. The number of nitrogens with zero attached hydrogens (tertiary/aromatic N) is 3. The first-order valence-electron chi connectivity index (χ1n) is 9.14. The number of nitrogens with one attached hydrogen (secondary N) is 1. The van der Waals surface area contributed by atoms with E-state index in [1.165, 1.54) is 10.8 Å². The van der Waals surface area contributed by atoms with E-state index in [4.69, 9.17) is 26.4 Å². The number of aromatic amines is 1. The Morgan fingerprint density at radius 2 is 2.24 bits per heavy atom. The summed E-state index contributed by atoms with van der Waals surface area (Å²) in [4.78, 5) is 21.3. The topological polar surface area (TPSA) is 101 Å². The molecule has 10 heteroatoms. The number of ether oxygens (including phenoxy) is 3. The van der Waals surface area contributed by atoms with Gasteiger partial charge in [0.2, 0.25) is 18.4 Å². The highest BCUT2D eigenvalue weighted by molar-refractivity contribution is 7.71. The van der Waals surface area contributed by atoms with Crippen LogP contribution in [-0.2, 0) is 13.5 Å². The van der Waals surface area contributed by atoms with Crippen LogP contribution in [0.3, 0.4) is 0 Å². The highest BCUT2D eigenvalue weighted by Gasteiger charge is 2.33. The average Bonchev–Trinajstić information content (AvgIpc) is 3.17. The molecule has 0 unspecified atom stereocenters. The monoisotopic (exact) mass is 418 g/mol. The Morgan fingerprint density at radius 1 is 1.45 bits per heavy atom. The van der Waals surface area contributed by atoms with Gasteiger partial charge in [-0.15, -0.1) is 0 Å². The number of hydrogen-bond donors (Lipinski definition) is 2. The van der Waals surface area contributed by atoms with Crippen LogP contribution in [0.4, 0.5) is 0 Å². The fourth-order valence-corrected chi connectivity index (χ4v) is 3.92. The zero-order valence-corrected chi connectivity index (χ0v) is 17.2. The first-order valence-corrected chi connectivity index (χ1v) is 9.55. The number of methoxy groups -OCH3 is 1. The molecule has 0 bridgehead atoms. The highest BCUT2D eigenvalue weighted by Crippen LogP contribution is 2.49. The summed E-state index contributed by atoms with van der Waals surface area (Å²) in [6.45, 7) is 1.39. The Balaban J connectivity index is 1.70. The summed E-state index contributed by atoms with van der Waals surface area (Å²) in [7, 11) is 5.20. The van der Waals surface area contributed by atoms with Crippen molar-refractivity contribution in [1.82, 2.24) is 14.5 Å². The van der Waals surface area contributed by atoms with Crippen LogP contribution in [0.5, 0.6) is 23.1 Å². The molecule has 1 atom stereocenters. The van der Waals surface area contributed by atoms with Crippen LogP contribution in [0.25, 0.3) is 0 Å². The molecular weight excluding hydrogens is 396 g/mol. The smallest absolute Gasteiger partial charge is 0.264 e. The molecule has 0 fully saturated rings. The third-order valence-corrected chi connectivity index (χ3v) is 5.75. The molecule has 3 heterocycles. The summed E-state index contributed by atoms with van der Waals surface area (Å²) < 4.78 is 18.3. The molecule has 9 nitrogen and oxygen atoms in total. The van der Waals surface area contributed by atoms with Crippen molar-refractivity contribution in [3.8, 4) is 23.1 Å². The molecule has 2 aromatic rings. The maximum absolute atomic E-state index is 12.1. The lowest BCUT2D eigenvalue weighted by molar-refractivity contribution is 0.170. The molecule has 2 aliphatic rings. The van der Waals surface area contributed by atoms with Gasteiger partial charge in [0.15, 0.2) is 16.3 Å². The second-order valence-corrected chi connectivity index (χ2v) is 7.40. The van der Waals surface area contributed by atoms with Crippen molar-refractivity contribution in [2.45, 2.75) is 12.5 Å². The van der Waals surface area contributed by atoms with Gasteiger partial charge >= 0.3 is 0 Å². The highest BCUT2D eigenvalue weighted by atomic mass is 32.1. The number of fused-ring (bicyclic) bond motifs is 2. The van der Waals surface area contributed by atoms with Gasteiger partial charge in [-0.25, -0.2) is 0 Å². The molecule has 0 saturated heterocycles. The summed E-state index contributed by atoms with van der Waals surface area (Å²) >= 11 is 4.99. The van der Waals surface area contributed by atoms with Crippen LogP contribution in [0.15, 0.2) is 15.9 Å². The van der Waals surface area contributed by atoms with Crippen LogP contribution in [0.2, 0.25) is 0 Å². The largest absolute Gasteiger partial charge is 0.494 e. The van der Waals surface area contributed by atoms with Gasteiger partial charge in [-0.1, -0.05) is 0 Å². The molecule has 1 aromatic carbocycles. The van der Waals surface area contributed by atoms with Crippen molar-refractivity contribution in [3.05, 3.63) is 37.9 Å². The quantitative estimate of drug-likeness (QED) is 0.574. The Morgan fingerprint density at radius 3 is 3.00 bits per heavy atom. The van der Waals surface area contributed by atoms with E-state index in [2.05, 4.69) is 14.9 Å². The van der Waals surface area contributed by atoms with Gasteiger partial charge in [0.05, 0.1) is 19.7 Å². The van der Waals surface area contributed by atoms with Gasteiger partial charge in [-0.05, 0) is 37.3 Å². The number of benzene rings is 1. The maximum Gasteiger partial charge on any atom is 0.264 e. The number of likely N-dealkylation sites (N-methyl/N-ethyl adjacent to an activating group) is 1. The predicted molar refractivity (Wildman–Crippen MR) is 109 cm³/mol. The number of aromatic nitrogens is 2. The SMILES string of the molecule is COc1c2c(cc3c1[C@@H](CN=Cc1c(O)n(C)c(=S)[nH]c1=O)N(C)CC3)OCO2. The normalized spacial score (nSPS) is 18.2. The minimum Gasteiger partial charge on any atom is -0.494 e. The molecule has 0 radical (unpaired) electrons. The molecule has 0 aliphatic carbocycles. The molecule has 2 N–H and O–H groups in total. The van der Waals surface area contributed by atoms with Crippen LogP contribution < -0.4 is 19.8 Å². The molecule has 0 amide bonds. The standard InChI is InChI=1S/C19H22N4O5S/c1-22-5-4-10-6-13-15(28-9-27-13)16(26-3)14(10)12(22)8-20-7-11-17(24)21-19(29)23(2)18(11)25/h6-7,12,25H,4-5,8-9H2,1-3H3,(H,21,24,29)/t12-/m1/s1. The first kappa shape index (κ1) is 19.5. The molecule has 4 rings (SSSR count). The number of aliphatic imine (C=N–C) groups is 1. The van der Waals surface area contributed by atoms with Crippen LogP contribution >= 0.6 is 12.2 Å². The lowest BCUT2D eigenvalue weighted by Crippen LogP contribution is -2.34. The Kier molecular flexibility index (Phi) is 5.05. The molecule has 2 aliphatic heterocycles. The van der Waals surface area contributed by atoms with E-state index in [1.54, 1.807) is 14.2 Å². The predicted octanol–water partition coefficient (Wildman–Crippen LogP) is 1.53. The van der Waals surface area contributed by atoms with Gasteiger partial charge in [0.1, 0.15) is 5.56 Å². The number of hydrogen-bond acceptors (Lipinski definition) is 8. The van der Waals surface area contributed by atoms with Gasteiger partial charge < -0.3 is 19.3 Å². The lowest BCUT2D eigenvalue weighted by atomic mass is 9.91. The van der Waals surface area contributed by atoms with Crippen molar-refractivity contribution in [2.75, 3.05) is 34.0 Å². The van der Waals surface area contributed by atoms with E-state index in [-0.39, 0.29) is 29.0 Å². The van der Waals surface area contributed by atoms with Crippen LogP contribution in [0, 0.1) is 4.77 Å². The lowest BCUT2D eigenvalue weighted by Gasteiger charge is -2.35. The second kappa shape index (κ2) is 7.53. The zero-order valence-electron chi connectivity index (χ0n) is 16.4.